The van der Waals surface area contributed by atoms with Gasteiger partial charge < -0.3 is 0 Å². The third kappa shape index (κ3) is 2.31. The average molecular weight is 263 g/mol. The van der Waals surface area contributed by atoms with Gasteiger partial charge in [0.15, 0.2) is 0 Å². The van der Waals surface area contributed by atoms with E-state index in [1.165, 1.54) is 0 Å². The number of hydrogen-bond acceptors (Lipinski definition) is 2. The molecule has 18 heavy (non-hydrogen) atoms. The van der Waals surface area contributed by atoms with Crippen LogP contribution in [0.5, 0.6) is 0 Å². The van der Waals surface area contributed by atoms with Crippen molar-refractivity contribution in [3.63, 3.8) is 0 Å². The fraction of sp³-hybridized carbons (Fsp3) is 0.286. The maximum absolute atomic E-state index is 11.6. The van der Waals surface area contributed by atoms with E-state index in [0.29, 0.717) is 5.69 Å². The molecule has 2 rings (SSSR count). The average Bonchev–Trinajstić information content (AvgIpc) is 2.33. The minimum Gasteiger partial charge on any atom is -0.288 e. The minimum atomic E-state index is -0.107. The van der Waals surface area contributed by atoms with Crippen LogP contribution < -0.4 is 5.43 Å². The highest BCUT2D eigenvalue weighted by atomic mass is 35.5. The zero-order valence-corrected chi connectivity index (χ0v) is 11.5. The molecule has 1 heterocycles. The summed E-state index contributed by atoms with van der Waals surface area (Å²) in [5, 5.41) is 4.33. The van der Waals surface area contributed by atoms with Crippen LogP contribution in [0.25, 0.3) is 5.69 Å². The third-order valence-electron chi connectivity index (χ3n) is 2.90. The molecule has 1 aromatic heterocycles. The Morgan fingerprint density at radius 2 is 1.94 bits per heavy atom. The summed E-state index contributed by atoms with van der Waals surface area (Å²) in [6, 6.07) is 7.73. The van der Waals surface area contributed by atoms with Crippen LogP contribution in [0.3, 0.4) is 0 Å². The number of benzene rings is 1. The van der Waals surface area contributed by atoms with Gasteiger partial charge in [0.2, 0.25) is 5.43 Å². The van der Waals surface area contributed by atoms with Gasteiger partial charge in [0.05, 0.1) is 11.6 Å². The molecule has 0 saturated heterocycles. The van der Waals surface area contributed by atoms with Gasteiger partial charge in [-0.3, -0.25) is 4.79 Å². The van der Waals surface area contributed by atoms with Crippen molar-refractivity contribution in [1.29, 1.82) is 0 Å². The summed E-state index contributed by atoms with van der Waals surface area (Å²) in [7, 11) is 0. The normalized spacial score (nSPS) is 10.7. The van der Waals surface area contributed by atoms with Crippen LogP contribution in [0.2, 0.25) is 0 Å². The van der Waals surface area contributed by atoms with E-state index in [1.807, 2.05) is 26.8 Å². The van der Waals surface area contributed by atoms with Gasteiger partial charge in [0, 0.05) is 11.8 Å². The van der Waals surface area contributed by atoms with Crippen molar-refractivity contribution in [2.24, 2.45) is 0 Å². The number of rotatable bonds is 2. The fourth-order valence-corrected chi connectivity index (χ4v) is 2.05. The van der Waals surface area contributed by atoms with E-state index < -0.39 is 0 Å². The quantitative estimate of drug-likeness (QED) is 0.780. The van der Waals surface area contributed by atoms with Gasteiger partial charge in [-0.2, -0.15) is 5.10 Å². The van der Waals surface area contributed by atoms with Crippen LogP contribution in [0.1, 0.15) is 22.5 Å². The Balaban J connectivity index is 2.70. The monoisotopic (exact) mass is 262 g/mol. The molecule has 0 aliphatic rings. The molecular formula is C14H15ClN2O. The van der Waals surface area contributed by atoms with Crippen LogP contribution in [-0.4, -0.2) is 9.78 Å². The number of nitrogens with zero attached hydrogens (tertiary/aromatic N) is 2. The molecular weight excluding hydrogens is 248 g/mol. The molecule has 3 nitrogen and oxygen atoms in total. The smallest absolute Gasteiger partial charge is 0.204 e. The molecule has 0 amide bonds. The van der Waals surface area contributed by atoms with Crippen molar-refractivity contribution in [3.8, 4) is 5.69 Å². The maximum Gasteiger partial charge on any atom is 0.204 e. The molecule has 2 aromatic rings. The number of halogens is 1. The molecule has 94 valence electrons. The molecule has 0 bridgehead atoms. The van der Waals surface area contributed by atoms with E-state index >= 15 is 0 Å². The topological polar surface area (TPSA) is 34.9 Å². The van der Waals surface area contributed by atoms with Gasteiger partial charge in [0.1, 0.15) is 5.69 Å². The highest BCUT2D eigenvalue weighted by Crippen LogP contribution is 2.16. The molecule has 4 heteroatoms. The second-order valence-corrected chi connectivity index (χ2v) is 4.70. The van der Waals surface area contributed by atoms with E-state index in [1.54, 1.807) is 10.7 Å². The van der Waals surface area contributed by atoms with Crippen LogP contribution >= 0.6 is 11.6 Å². The predicted molar refractivity (Wildman–Crippen MR) is 73.6 cm³/mol. The molecule has 0 atom stereocenters. The molecule has 1 aromatic carbocycles. The molecule has 0 N–H and O–H groups in total. The lowest BCUT2D eigenvalue weighted by atomic mass is 10.1. The van der Waals surface area contributed by atoms with E-state index in [4.69, 9.17) is 11.6 Å². The largest absolute Gasteiger partial charge is 0.288 e. The highest BCUT2D eigenvalue weighted by molar-refractivity contribution is 6.16. The van der Waals surface area contributed by atoms with Gasteiger partial charge in [-0.15, -0.1) is 11.6 Å². The molecule has 0 saturated carbocycles. The zero-order chi connectivity index (χ0) is 13.3. The lowest BCUT2D eigenvalue weighted by Gasteiger charge is -2.13. The zero-order valence-electron chi connectivity index (χ0n) is 10.7. The van der Waals surface area contributed by atoms with E-state index in [0.717, 1.165) is 22.5 Å². The van der Waals surface area contributed by atoms with E-state index in [2.05, 4.69) is 17.2 Å². The second-order valence-electron chi connectivity index (χ2n) is 4.43. The van der Waals surface area contributed by atoms with Crippen molar-refractivity contribution in [2.75, 3.05) is 0 Å². The fourth-order valence-electron chi connectivity index (χ4n) is 1.87. The Labute approximate surface area is 111 Å². The second kappa shape index (κ2) is 4.94. The van der Waals surface area contributed by atoms with Crippen molar-refractivity contribution in [2.45, 2.75) is 26.7 Å². The minimum absolute atomic E-state index is 0.107. The number of hydrogen-bond donors (Lipinski definition) is 0. The molecule has 0 spiro atoms. The van der Waals surface area contributed by atoms with Crippen molar-refractivity contribution in [1.82, 2.24) is 9.78 Å². The van der Waals surface area contributed by atoms with Gasteiger partial charge >= 0.3 is 0 Å². The number of aromatic nitrogens is 2. The van der Waals surface area contributed by atoms with Crippen molar-refractivity contribution >= 4 is 11.6 Å². The Hall–Kier alpha value is -1.61. The molecule has 0 aliphatic heterocycles. The van der Waals surface area contributed by atoms with Gasteiger partial charge in [-0.25, -0.2) is 4.68 Å². The lowest BCUT2D eigenvalue weighted by molar-refractivity contribution is 0.767. The summed E-state index contributed by atoms with van der Waals surface area (Å²) in [6.45, 7) is 5.92. The van der Waals surface area contributed by atoms with Crippen LogP contribution in [0, 0.1) is 20.8 Å². The Morgan fingerprint density at radius 3 is 2.61 bits per heavy atom. The first-order chi connectivity index (χ1) is 8.52. The molecule has 0 unspecified atom stereocenters. The summed E-state index contributed by atoms with van der Waals surface area (Å²) < 4.78 is 1.78. The summed E-state index contributed by atoms with van der Waals surface area (Å²) in [5.74, 6) is 0.129. The maximum atomic E-state index is 11.6. The summed E-state index contributed by atoms with van der Waals surface area (Å²) in [5.41, 5.74) is 4.33. The summed E-state index contributed by atoms with van der Waals surface area (Å²) >= 11 is 5.74. The van der Waals surface area contributed by atoms with Gasteiger partial charge in [0.25, 0.3) is 0 Å². The van der Waals surface area contributed by atoms with Crippen LogP contribution in [-0.2, 0) is 5.88 Å². The van der Waals surface area contributed by atoms with Crippen molar-refractivity contribution in [3.05, 3.63) is 57.0 Å². The van der Waals surface area contributed by atoms with E-state index in [-0.39, 0.29) is 11.3 Å². The summed E-state index contributed by atoms with van der Waals surface area (Å²) in [4.78, 5) is 11.6. The van der Waals surface area contributed by atoms with Crippen LogP contribution in [0.15, 0.2) is 29.1 Å². The number of aryl methyl sites for hydroxylation is 3. The molecule has 0 aliphatic carbocycles. The van der Waals surface area contributed by atoms with Crippen LogP contribution in [0.4, 0.5) is 0 Å². The van der Waals surface area contributed by atoms with Gasteiger partial charge in [-0.1, -0.05) is 12.1 Å². The highest BCUT2D eigenvalue weighted by Gasteiger charge is 2.08. The first-order valence-electron chi connectivity index (χ1n) is 5.76. The molecule has 0 fully saturated rings. The third-order valence-corrected chi connectivity index (χ3v) is 3.15. The summed E-state index contributed by atoms with van der Waals surface area (Å²) in [6.07, 6.45) is 0. The van der Waals surface area contributed by atoms with Gasteiger partial charge in [-0.05, 0) is 38.0 Å². The van der Waals surface area contributed by atoms with Crippen molar-refractivity contribution < 1.29 is 0 Å². The Kier molecular flexibility index (Phi) is 3.53. The van der Waals surface area contributed by atoms with E-state index in [9.17, 15) is 4.79 Å². The predicted octanol–water partition coefficient (Wildman–Crippen LogP) is 2.90. The first kappa shape index (κ1) is 12.8. The molecule has 0 radical (unpaired) electrons. The Bertz CT molecular complexity index is 647. The first-order valence-corrected chi connectivity index (χ1v) is 6.30. The number of alkyl halides is 1. The SMILES string of the molecule is Cc1ccc(C)c(-n2nc(CCl)c(=O)cc2C)c1. The standard InChI is InChI=1S/C14H15ClN2O/c1-9-4-5-10(2)13(6-9)17-11(3)7-14(18)12(8-15)16-17/h4-7H,8H2,1-3H3. The Morgan fingerprint density at radius 1 is 1.22 bits per heavy atom. The lowest BCUT2D eigenvalue weighted by Crippen LogP contribution is -2.18.